The number of alkyl halides is 1. The average Bonchev–Trinajstić information content (AvgIpc) is 2.92. The zero-order chi connectivity index (χ0) is 21.0. The molecule has 0 aromatic carbocycles. The number of aliphatic hydroxyl groups is 1. The van der Waals surface area contributed by atoms with Gasteiger partial charge in [-0.3, -0.25) is 0 Å². The largest absolute Gasteiger partial charge is 0.393 e. The van der Waals surface area contributed by atoms with Crippen LogP contribution in [0.25, 0.3) is 0 Å². The van der Waals surface area contributed by atoms with E-state index in [0.29, 0.717) is 23.7 Å². The fraction of sp³-hybridized carbons (Fsp3) is 0.926. The molecule has 0 spiro atoms. The van der Waals surface area contributed by atoms with E-state index in [2.05, 4.69) is 40.7 Å². The Balaban J connectivity index is 1.53. The molecule has 2 unspecified atom stereocenters. The van der Waals surface area contributed by atoms with Gasteiger partial charge in [0.15, 0.2) is 0 Å². The summed E-state index contributed by atoms with van der Waals surface area (Å²) in [6.07, 6.45) is 12.8. The minimum absolute atomic E-state index is 0.141. The van der Waals surface area contributed by atoms with Gasteiger partial charge in [0.05, 0.1) is 6.10 Å². The molecule has 1 N–H and O–H groups in total. The van der Waals surface area contributed by atoms with Crippen LogP contribution in [0.1, 0.15) is 98.8 Å². The van der Waals surface area contributed by atoms with Crippen LogP contribution >= 0.6 is 0 Å². The monoisotopic (exact) mass is 404 g/mol. The van der Waals surface area contributed by atoms with Gasteiger partial charge in [-0.05, 0) is 91.3 Å². The molecule has 29 heavy (non-hydrogen) atoms. The number of hydrogen-bond donors (Lipinski definition) is 1. The number of halogens is 1. The maximum absolute atomic E-state index is 15.6. The first kappa shape index (κ1) is 21.8. The highest BCUT2D eigenvalue weighted by Gasteiger charge is 2.62. The second-order valence-electron chi connectivity index (χ2n) is 12.3. The van der Waals surface area contributed by atoms with Crippen molar-refractivity contribution in [2.24, 2.45) is 46.3 Å². The first-order valence-corrected chi connectivity index (χ1v) is 12.7. The van der Waals surface area contributed by atoms with E-state index < -0.39 is 6.17 Å². The molecule has 4 aliphatic carbocycles. The highest BCUT2D eigenvalue weighted by atomic mass is 19.1. The van der Waals surface area contributed by atoms with Crippen molar-refractivity contribution in [3.8, 4) is 0 Å². The molecule has 2 heteroatoms. The van der Waals surface area contributed by atoms with Crippen molar-refractivity contribution >= 4 is 0 Å². The standard InChI is InChI=1S/C27H45FO/c1-17(2)7-6-8-18(3)25-24(28)16-23-21-10-9-19-15-20(29)11-13-26(19,4)22(21)12-14-27(23,25)5/h9,17-18,20-25,29H,6-8,10-16H2,1-5H3/t18-,20+,21?,22?,23+,24-,25+,26+,27+/m1/s1. The summed E-state index contributed by atoms with van der Waals surface area (Å²) < 4.78 is 15.6. The zero-order valence-electron chi connectivity index (χ0n) is 19.6. The van der Waals surface area contributed by atoms with E-state index in [1.165, 1.54) is 37.7 Å². The minimum atomic E-state index is -0.607. The van der Waals surface area contributed by atoms with Gasteiger partial charge in [0.1, 0.15) is 6.17 Å². The molecule has 0 amide bonds. The van der Waals surface area contributed by atoms with Crippen molar-refractivity contribution in [1.29, 1.82) is 0 Å². The maximum atomic E-state index is 15.6. The lowest BCUT2D eigenvalue weighted by molar-refractivity contribution is -0.0595. The third-order valence-electron chi connectivity index (χ3n) is 10.2. The summed E-state index contributed by atoms with van der Waals surface area (Å²) in [6, 6.07) is 0. The summed E-state index contributed by atoms with van der Waals surface area (Å²) >= 11 is 0. The highest BCUT2D eigenvalue weighted by Crippen LogP contribution is 2.67. The smallest absolute Gasteiger partial charge is 0.104 e. The van der Waals surface area contributed by atoms with E-state index in [9.17, 15) is 5.11 Å². The van der Waals surface area contributed by atoms with Gasteiger partial charge in [-0.25, -0.2) is 4.39 Å². The molecule has 0 bridgehead atoms. The van der Waals surface area contributed by atoms with Gasteiger partial charge in [-0.1, -0.05) is 65.5 Å². The molecular weight excluding hydrogens is 359 g/mol. The molecule has 0 aliphatic heterocycles. The van der Waals surface area contributed by atoms with Crippen molar-refractivity contribution in [3.05, 3.63) is 11.6 Å². The fourth-order valence-electron chi connectivity index (χ4n) is 8.68. The Hall–Kier alpha value is -0.370. The van der Waals surface area contributed by atoms with Crippen LogP contribution in [0.15, 0.2) is 11.6 Å². The first-order chi connectivity index (χ1) is 13.7. The number of fused-ring (bicyclic) bond motifs is 5. The van der Waals surface area contributed by atoms with E-state index in [1.807, 2.05) is 0 Å². The molecule has 4 aliphatic rings. The average molecular weight is 405 g/mol. The number of rotatable bonds is 5. The predicted molar refractivity (Wildman–Crippen MR) is 119 cm³/mol. The van der Waals surface area contributed by atoms with Crippen LogP contribution in [-0.4, -0.2) is 17.4 Å². The molecule has 3 saturated carbocycles. The quantitative estimate of drug-likeness (QED) is 0.475. The van der Waals surface area contributed by atoms with E-state index in [1.54, 1.807) is 0 Å². The van der Waals surface area contributed by atoms with Crippen LogP contribution in [-0.2, 0) is 0 Å². The van der Waals surface area contributed by atoms with Gasteiger partial charge in [0.25, 0.3) is 0 Å². The Morgan fingerprint density at radius 2 is 1.86 bits per heavy atom. The fourth-order valence-corrected chi connectivity index (χ4v) is 8.68. The van der Waals surface area contributed by atoms with E-state index in [-0.39, 0.29) is 22.9 Å². The van der Waals surface area contributed by atoms with Gasteiger partial charge in [0, 0.05) is 0 Å². The lowest BCUT2D eigenvalue weighted by Crippen LogP contribution is -2.51. The number of aliphatic hydroxyl groups excluding tert-OH is 1. The Morgan fingerprint density at radius 3 is 2.59 bits per heavy atom. The SMILES string of the molecule is CC(C)CCC[C@@H](C)[C@H]1[C@H](F)C[C@H]2C3CC=C4C[C@@H](O)CC[C@]4(C)C3CC[C@]12C. The second-order valence-corrected chi connectivity index (χ2v) is 12.3. The van der Waals surface area contributed by atoms with Crippen LogP contribution in [0.5, 0.6) is 0 Å². The lowest BCUT2D eigenvalue weighted by atomic mass is 9.47. The van der Waals surface area contributed by atoms with Crippen molar-refractivity contribution in [2.75, 3.05) is 0 Å². The molecule has 0 aromatic heterocycles. The molecule has 0 heterocycles. The first-order valence-electron chi connectivity index (χ1n) is 12.7. The molecule has 1 nitrogen and oxygen atoms in total. The second kappa shape index (κ2) is 7.95. The Morgan fingerprint density at radius 1 is 1.10 bits per heavy atom. The van der Waals surface area contributed by atoms with Gasteiger partial charge in [0.2, 0.25) is 0 Å². The van der Waals surface area contributed by atoms with Gasteiger partial charge >= 0.3 is 0 Å². The molecule has 0 saturated heterocycles. The molecular formula is C27H45FO. The number of hydrogen-bond acceptors (Lipinski definition) is 1. The van der Waals surface area contributed by atoms with Crippen LogP contribution in [0.3, 0.4) is 0 Å². The molecule has 166 valence electrons. The van der Waals surface area contributed by atoms with Gasteiger partial charge in [-0.2, -0.15) is 0 Å². The van der Waals surface area contributed by atoms with E-state index in [0.717, 1.165) is 38.0 Å². The predicted octanol–water partition coefficient (Wildman–Crippen LogP) is 7.34. The van der Waals surface area contributed by atoms with Crippen molar-refractivity contribution in [2.45, 2.75) is 111 Å². The Bertz CT molecular complexity index is 626. The van der Waals surface area contributed by atoms with Crippen LogP contribution in [0, 0.1) is 46.3 Å². The van der Waals surface area contributed by atoms with E-state index in [4.69, 9.17) is 0 Å². The normalized spacial score (nSPS) is 47.9. The van der Waals surface area contributed by atoms with Crippen molar-refractivity contribution in [1.82, 2.24) is 0 Å². The van der Waals surface area contributed by atoms with Crippen LogP contribution in [0.4, 0.5) is 4.39 Å². The minimum Gasteiger partial charge on any atom is -0.393 e. The summed E-state index contributed by atoms with van der Waals surface area (Å²) in [5, 5.41) is 10.2. The van der Waals surface area contributed by atoms with Gasteiger partial charge in [-0.15, -0.1) is 0 Å². The summed E-state index contributed by atoms with van der Waals surface area (Å²) in [5.74, 6) is 3.43. The summed E-state index contributed by atoms with van der Waals surface area (Å²) in [5.41, 5.74) is 1.97. The third kappa shape index (κ3) is 3.64. The molecule has 3 fully saturated rings. The Labute approximate surface area is 178 Å². The van der Waals surface area contributed by atoms with Crippen molar-refractivity contribution < 1.29 is 9.50 Å². The third-order valence-corrected chi connectivity index (χ3v) is 10.2. The zero-order valence-corrected chi connectivity index (χ0v) is 19.6. The van der Waals surface area contributed by atoms with Crippen LogP contribution in [0.2, 0.25) is 0 Å². The molecule has 4 rings (SSSR count). The van der Waals surface area contributed by atoms with E-state index >= 15 is 4.39 Å². The van der Waals surface area contributed by atoms with Crippen molar-refractivity contribution in [3.63, 3.8) is 0 Å². The molecule has 9 atom stereocenters. The number of allylic oxidation sites excluding steroid dienone is 1. The topological polar surface area (TPSA) is 20.2 Å². The lowest BCUT2D eigenvalue weighted by Gasteiger charge is -2.58. The molecule has 0 radical (unpaired) electrons. The summed E-state index contributed by atoms with van der Waals surface area (Å²) in [4.78, 5) is 0. The maximum Gasteiger partial charge on any atom is 0.104 e. The Kier molecular flexibility index (Phi) is 5.99. The van der Waals surface area contributed by atoms with Gasteiger partial charge < -0.3 is 5.11 Å². The summed E-state index contributed by atoms with van der Waals surface area (Å²) in [6.45, 7) is 11.9. The molecule has 0 aromatic rings. The van der Waals surface area contributed by atoms with Crippen LogP contribution < -0.4 is 0 Å². The highest BCUT2D eigenvalue weighted by molar-refractivity contribution is 5.25. The summed E-state index contributed by atoms with van der Waals surface area (Å²) in [7, 11) is 0.